The molecule has 0 N–H and O–H groups in total. The van der Waals surface area contributed by atoms with Gasteiger partial charge in [0.2, 0.25) is 6.79 Å². The van der Waals surface area contributed by atoms with E-state index in [1.54, 1.807) is 7.11 Å². The third-order valence-corrected chi connectivity index (χ3v) is 1.74. The zero-order valence-electron chi connectivity index (χ0n) is 7.72. The lowest BCUT2D eigenvalue weighted by molar-refractivity contribution is 0.0745. The predicted molar refractivity (Wildman–Crippen MR) is 45.1 cm³/mol. The molecule has 3 heteroatoms. The zero-order chi connectivity index (χ0) is 8.97. The molecule has 3 nitrogen and oxygen atoms in total. The molecule has 68 valence electrons. The van der Waals surface area contributed by atoms with E-state index in [0.29, 0.717) is 6.79 Å². The van der Waals surface area contributed by atoms with E-state index in [-0.39, 0.29) is 0 Å². The lowest BCUT2D eigenvalue weighted by atomic mass is 10.3. The third-order valence-electron chi connectivity index (χ3n) is 1.74. The summed E-state index contributed by atoms with van der Waals surface area (Å²) in [5.74, 6) is 2.49. The summed E-state index contributed by atoms with van der Waals surface area (Å²) in [6.45, 7) is 4.22. The minimum Gasteiger partial charge on any atom is -0.501 e. The largest absolute Gasteiger partial charge is 0.501 e. The standard InChI is InChI=1S/C9H14O3/c1-4-8(10-3)5-9-7(2)11-6-12-9/h5H,4,6H2,1-3H3/b8-5+. The fourth-order valence-electron chi connectivity index (χ4n) is 0.949. The van der Waals surface area contributed by atoms with Gasteiger partial charge in [0.15, 0.2) is 5.76 Å². The van der Waals surface area contributed by atoms with Crippen LogP contribution in [0, 0.1) is 0 Å². The Bertz CT molecular complexity index is 210. The molecule has 0 bridgehead atoms. The highest BCUT2D eigenvalue weighted by atomic mass is 16.7. The van der Waals surface area contributed by atoms with Crippen molar-refractivity contribution >= 4 is 0 Å². The van der Waals surface area contributed by atoms with E-state index in [9.17, 15) is 0 Å². The normalized spacial score (nSPS) is 17.4. The van der Waals surface area contributed by atoms with Gasteiger partial charge >= 0.3 is 0 Å². The van der Waals surface area contributed by atoms with Crippen molar-refractivity contribution in [2.24, 2.45) is 0 Å². The first-order chi connectivity index (χ1) is 5.77. The van der Waals surface area contributed by atoms with Gasteiger partial charge in [-0.3, -0.25) is 0 Å². The number of methoxy groups -OCH3 is 1. The van der Waals surface area contributed by atoms with Crippen molar-refractivity contribution < 1.29 is 14.2 Å². The second-order valence-electron chi connectivity index (χ2n) is 2.50. The van der Waals surface area contributed by atoms with Gasteiger partial charge in [0.05, 0.1) is 12.9 Å². The molecular weight excluding hydrogens is 156 g/mol. The molecular formula is C9H14O3. The highest BCUT2D eigenvalue weighted by molar-refractivity contribution is 5.19. The molecule has 1 heterocycles. The van der Waals surface area contributed by atoms with E-state index in [0.717, 1.165) is 23.7 Å². The molecule has 12 heavy (non-hydrogen) atoms. The summed E-state index contributed by atoms with van der Waals surface area (Å²) in [4.78, 5) is 0. The summed E-state index contributed by atoms with van der Waals surface area (Å²) < 4.78 is 15.4. The van der Waals surface area contributed by atoms with Crippen molar-refractivity contribution in [3.05, 3.63) is 23.4 Å². The number of rotatable bonds is 3. The summed E-state index contributed by atoms with van der Waals surface area (Å²) in [6.07, 6.45) is 2.72. The molecule has 0 radical (unpaired) electrons. The molecule has 0 amide bonds. The Morgan fingerprint density at radius 3 is 2.75 bits per heavy atom. The van der Waals surface area contributed by atoms with E-state index in [1.165, 1.54) is 0 Å². The Morgan fingerprint density at radius 1 is 1.58 bits per heavy atom. The molecule has 0 saturated heterocycles. The van der Waals surface area contributed by atoms with E-state index >= 15 is 0 Å². The van der Waals surface area contributed by atoms with Gasteiger partial charge in [-0.25, -0.2) is 0 Å². The highest BCUT2D eigenvalue weighted by Gasteiger charge is 2.11. The van der Waals surface area contributed by atoms with Crippen molar-refractivity contribution in [2.45, 2.75) is 20.3 Å². The quantitative estimate of drug-likeness (QED) is 0.607. The monoisotopic (exact) mass is 170 g/mol. The average Bonchev–Trinajstić information content (AvgIpc) is 2.47. The molecule has 0 aromatic heterocycles. The second kappa shape index (κ2) is 4.04. The SMILES string of the molecule is CC/C(=C\C1=C(C)OCO1)OC. The van der Waals surface area contributed by atoms with Crippen LogP contribution in [0.3, 0.4) is 0 Å². The highest BCUT2D eigenvalue weighted by Crippen LogP contribution is 2.18. The first-order valence-corrected chi connectivity index (χ1v) is 3.99. The number of ether oxygens (including phenoxy) is 3. The van der Waals surface area contributed by atoms with Crippen molar-refractivity contribution in [2.75, 3.05) is 13.9 Å². The summed E-state index contributed by atoms with van der Waals surface area (Å²) in [7, 11) is 1.65. The lowest BCUT2D eigenvalue weighted by Crippen LogP contribution is -1.88. The van der Waals surface area contributed by atoms with Gasteiger partial charge < -0.3 is 14.2 Å². The van der Waals surface area contributed by atoms with Crippen LogP contribution >= 0.6 is 0 Å². The van der Waals surface area contributed by atoms with Crippen LogP contribution in [0.25, 0.3) is 0 Å². The Hall–Kier alpha value is -1.12. The predicted octanol–water partition coefficient (Wildman–Crippen LogP) is 2.16. The molecule has 0 aliphatic carbocycles. The molecule has 0 spiro atoms. The van der Waals surface area contributed by atoms with Crippen LogP contribution in [-0.2, 0) is 14.2 Å². The maximum absolute atomic E-state index is 5.20. The maximum Gasteiger partial charge on any atom is 0.230 e. The Balaban J connectivity index is 2.70. The van der Waals surface area contributed by atoms with Crippen LogP contribution in [0.15, 0.2) is 23.4 Å². The molecule has 0 saturated carbocycles. The second-order valence-corrected chi connectivity index (χ2v) is 2.50. The Morgan fingerprint density at radius 2 is 2.33 bits per heavy atom. The number of allylic oxidation sites excluding steroid dienone is 3. The van der Waals surface area contributed by atoms with Crippen LogP contribution < -0.4 is 0 Å². The molecule has 1 aliphatic heterocycles. The summed E-state index contributed by atoms with van der Waals surface area (Å²) in [6, 6.07) is 0. The Kier molecular flexibility index (Phi) is 3.02. The zero-order valence-corrected chi connectivity index (χ0v) is 7.72. The molecule has 0 unspecified atom stereocenters. The number of hydrogen-bond acceptors (Lipinski definition) is 3. The first-order valence-electron chi connectivity index (χ1n) is 3.99. The third kappa shape index (κ3) is 1.94. The van der Waals surface area contributed by atoms with Gasteiger partial charge in [-0.2, -0.15) is 0 Å². The van der Waals surface area contributed by atoms with Gasteiger partial charge in [0.1, 0.15) is 5.76 Å². The van der Waals surface area contributed by atoms with Gasteiger partial charge in [-0.05, 0) is 6.92 Å². The lowest BCUT2D eigenvalue weighted by Gasteiger charge is -2.02. The fraction of sp³-hybridized carbons (Fsp3) is 0.556. The van der Waals surface area contributed by atoms with Gasteiger partial charge in [0.25, 0.3) is 0 Å². The maximum atomic E-state index is 5.20. The van der Waals surface area contributed by atoms with Gasteiger partial charge in [-0.15, -0.1) is 0 Å². The van der Waals surface area contributed by atoms with Crippen molar-refractivity contribution in [1.29, 1.82) is 0 Å². The topological polar surface area (TPSA) is 27.7 Å². The number of hydrogen-bond donors (Lipinski definition) is 0. The van der Waals surface area contributed by atoms with E-state index in [1.807, 2.05) is 19.9 Å². The van der Waals surface area contributed by atoms with E-state index in [4.69, 9.17) is 14.2 Å². The van der Waals surface area contributed by atoms with Crippen molar-refractivity contribution in [1.82, 2.24) is 0 Å². The minimum atomic E-state index is 0.318. The average molecular weight is 170 g/mol. The van der Waals surface area contributed by atoms with Gasteiger partial charge in [0, 0.05) is 12.5 Å². The molecule has 0 atom stereocenters. The van der Waals surface area contributed by atoms with Gasteiger partial charge in [-0.1, -0.05) is 6.92 Å². The molecule has 0 fully saturated rings. The van der Waals surface area contributed by atoms with Crippen molar-refractivity contribution in [3.8, 4) is 0 Å². The minimum absolute atomic E-state index is 0.318. The Labute approximate surface area is 72.6 Å². The smallest absolute Gasteiger partial charge is 0.230 e. The van der Waals surface area contributed by atoms with Crippen LogP contribution in [0.2, 0.25) is 0 Å². The van der Waals surface area contributed by atoms with Crippen LogP contribution in [-0.4, -0.2) is 13.9 Å². The summed E-state index contributed by atoms with van der Waals surface area (Å²) in [5.41, 5.74) is 0. The molecule has 1 aliphatic rings. The fourth-order valence-corrected chi connectivity index (χ4v) is 0.949. The van der Waals surface area contributed by atoms with Crippen molar-refractivity contribution in [3.63, 3.8) is 0 Å². The van der Waals surface area contributed by atoms with E-state index in [2.05, 4.69) is 0 Å². The van der Waals surface area contributed by atoms with Crippen LogP contribution in [0.5, 0.6) is 0 Å². The van der Waals surface area contributed by atoms with E-state index < -0.39 is 0 Å². The molecule has 0 aromatic carbocycles. The van der Waals surface area contributed by atoms with Crippen LogP contribution in [0.1, 0.15) is 20.3 Å². The molecule has 0 aromatic rings. The van der Waals surface area contributed by atoms with Crippen LogP contribution in [0.4, 0.5) is 0 Å². The summed E-state index contributed by atoms with van der Waals surface area (Å²) >= 11 is 0. The summed E-state index contributed by atoms with van der Waals surface area (Å²) in [5, 5.41) is 0. The molecule has 1 rings (SSSR count). The first kappa shape index (κ1) is 8.97.